The smallest absolute Gasteiger partial charge is 0.234 e. The van der Waals surface area contributed by atoms with Crippen LogP contribution in [-0.4, -0.2) is 68.1 Å². The van der Waals surface area contributed by atoms with Gasteiger partial charge in [-0.25, -0.2) is 4.39 Å². The van der Waals surface area contributed by atoms with Gasteiger partial charge in [0.25, 0.3) is 0 Å². The van der Waals surface area contributed by atoms with Crippen LogP contribution in [0.4, 0.5) is 4.39 Å². The number of piperazine rings is 1. The standard InChI is InChI=1S/C16H24FN3O2/c1-13-11-19(2)7-8-20(13)12-16(21)18-6-9-22-15-5-3-4-14(17)10-15/h3-5,10,13H,6-9,11-12H2,1-2H3,(H,18,21)/t13-/m1/s1. The lowest BCUT2D eigenvalue weighted by Crippen LogP contribution is -2.53. The number of nitrogens with zero attached hydrogens (tertiary/aromatic N) is 2. The first kappa shape index (κ1) is 16.7. The van der Waals surface area contributed by atoms with Crippen LogP contribution in [0.1, 0.15) is 6.92 Å². The first-order valence-electron chi connectivity index (χ1n) is 7.62. The van der Waals surface area contributed by atoms with Gasteiger partial charge in [-0.1, -0.05) is 6.07 Å². The second-order valence-electron chi connectivity index (χ2n) is 5.74. The normalized spacial score (nSPS) is 19.9. The summed E-state index contributed by atoms with van der Waals surface area (Å²) in [6.45, 7) is 6.16. The van der Waals surface area contributed by atoms with Crippen molar-refractivity contribution in [2.75, 3.05) is 46.4 Å². The number of rotatable bonds is 6. The average Bonchev–Trinajstić information content (AvgIpc) is 2.47. The Bertz CT molecular complexity index is 498. The lowest BCUT2D eigenvalue weighted by Gasteiger charge is -2.37. The van der Waals surface area contributed by atoms with E-state index in [0.29, 0.717) is 31.5 Å². The number of carbonyl (C=O) groups is 1. The van der Waals surface area contributed by atoms with Gasteiger partial charge in [0.1, 0.15) is 18.2 Å². The number of carbonyl (C=O) groups excluding carboxylic acids is 1. The Morgan fingerprint density at radius 3 is 3.00 bits per heavy atom. The molecule has 1 amide bonds. The largest absolute Gasteiger partial charge is 0.492 e. The van der Waals surface area contributed by atoms with E-state index in [-0.39, 0.29) is 11.7 Å². The highest BCUT2D eigenvalue weighted by molar-refractivity contribution is 5.78. The minimum Gasteiger partial charge on any atom is -0.492 e. The maximum atomic E-state index is 13.0. The number of hydrogen-bond donors (Lipinski definition) is 1. The zero-order valence-electron chi connectivity index (χ0n) is 13.2. The minimum atomic E-state index is -0.328. The predicted octanol–water partition coefficient (Wildman–Crippen LogP) is 0.957. The molecule has 1 aliphatic heterocycles. The molecule has 0 spiro atoms. The van der Waals surface area contributed by atoms with E-state index in [0.717, 1.165) is 19.6 Å². The Hall–Kier alpha value is -1.66. The van der Waals surface area contributed by atoms with Gasteiger partial charge in [0.05, 0.1) is 13.1 Å². The molecule has 0 saturated carbocycles. The van der Waals surface area contributed by atoms with Crippen LogP contribution in [0.3, 0.4) is 0 Å². The number of nitrogens with one attached hydrogen (secondary N) is 1. The Morgan fingerprint density at radius 1 is 1.45 bits per heavy atom. The number of likely N-dealkylation sites (N-methyl/N-ethyl adjacent to an activating group) is 1. The molecule has 1 aliphatic rings. The molecule has 1 heterocycles. The summed E-state index contributed by atoms with van der Waals surface area (Å²) >= 11 is 0. The van der Waals surface area contributed by atoms with Crippen LogP contribution in [0.15, 0.2) is 24.3 Å². The quantitative estimate of drug-likeness (QED) is 0.795. The third-order valence-electron chi connectivity index (χ3n) is 3.80. The van der Waals surface area contributed by atoms with Crippen molar-refractivity contribution in [2.45, 2.75) is 13.0 Å². The van der Waals surface area contributed by atoms with Gasteiger partial charge in [-0.05, 0) is 26.1 Å². The number of halogens is 1. The Morgan fingerprint density at radius 2 is 2.27 bits per heavy atom. The van der Waals surface area contributed by atoms with E-state index in [2.05, 4.69) is 29.1 Å². The van der Waals surface area contributed by atoms with Crippen molar-refractivity contribution >= 4 is 5.91 Å². The van der Waals surface area contributed by atoms with Crippen molar-refractivity contribution in [3.8, 4) is 5.75 Å². The molecule has 5 nitrogen and oxygen atoms in total. The summed E-state index contributed by atoms with van der Waals surface area (Å²) in [4.78, 5) is 16.4. The first-order valence-corrected chi connectivity index (χ1v) is 7.62. The van der Waals surface area contributed by atoms with E-state index in [1.807, 2.05) is 0 Å². The molecule has 0 bridgehead atoms. The molecule has 0 aliphatic carbocycles. The molecule has 1 fully saturated rings. The van der Waals surface area contributed by atoms with Crippen molar-refractivity contribution in [2.24, 2.45) is 0 Å². The van der Waals surface area contributed by atoms with Gasteiger partial charge in [-0.3, -0.25) is 9.69 Å². The molecule has 0 aromatic heterocycles. The lowest BCUT2D eigenvalue weighted by molar-refractivity contribution is -0.123. The van der Waals surface area contributed by atoms with Crippen molar-refractivity contribution in [1.29, 1.82) is 0 Å². The molecule has 6 heteroatoms. The van der Waals surface area contributed by atoms with Crippen molar-refractivity contribution < 1.29 is 13.9 Å². The monoisotopic (exact) mass is 309 g/mol. The third kappa shape index (κ3) is 5.27. The van der Waals surface area contributed by atoms with Crippen LogP contribution in [-0.2, 0) is 4.79 Å². The maximum absolute atomic E-state index is 13.0. The van der Waals surface area contributed by atoms with Gasteiger partial charge in [0.2, 0.25) is 5.91 Å². The number of amides is 1. The van der Waals surface area contributed by atoms with Gasteiger partial charge in [-0.15, -0.1) is 0 Å². The van der Waals surface area contributed by atoms with Gasteiger partial charge in [0.15, 0.2) is 0 Å². The summed E-state index contributed by atoms with van der Waals surface area (Å²) in [7, 11) is 2.09. The van der Waals surface area contributed by atoms with Crippen LogP contribution in [0.25, 0.3) is 0 Å². The topological polar surface area (TPSA) is 44.8 Å². The molecule has 1 saturated heterocycles. The molecule has 1 aromatic carbocycles. The van der Waals surface area contributed by atoms with Crippen LogP contribution in [0.5, 0.6) is 5.75 Å². The van der Waals surface area contributed by atoms with Crippen LogP contribution in [0.2, 0.25) is 0 Å². The summed E-state index contributed by atoms with van der Waals surface area (Å²) in [6.07, 6.45) is 0. The average molecular weight is 309 g/mol. The maximum Gasteiger partial charge on any atom is 0.234 e. The van der Waals surface area contributed by atoms with Gasteiger partial charge >= 0.3 is 0 Å². The SMILES string of the molecule is C[C@@H]1CN(C)CCN1CC(=O)NCCOc1cccc(F)c1. The van der Waals surface area contributed by atoms with Crippen LogP contribution < -0.4 is 10.1 Å². The van der Waals surface area contributed by atoms with Gasteiger partial charge < -0.3 is 15.0 Å². The highest BCUT2D eigenvalue weighted by Crippen LogP contribution is 2.11. The molecule has 1 atom stereocenters. The van der Waals surface area contributed by atoms with E-state index < -0.39 is 0 Å². The second kappa shape index (κ2) is 8.10. The predicted molar refractivity (Wildman–Crippen MR) is 83.4 cm³/mol. The molecule has 22 heavy (non-hydrogen) atoms. The fourth-order valence-electron chi connectivity index (χ4n) is 2.57. The van der Waals surface area contributed by atoms with Gasteiger partial charge in [0, 0.05) is 31.7 Å². The highest BCUT2D eigenvalue weighted by atomic mass is 19.1. The molecule has 1 aromatic rings. The van der Waals surface area contributed by atoms with Crippen LogP contribution in [0, 0.1) is 5.82 Å². The van der Waals surface area contributed by atoms with Gasteiger partial charge in [-0.2, -0.15) is 0 Å². The fraction of sp³-hybridized carbons (Fsp3) is 0.562. The van der Waals surface area contributed by atoms with Crippen LogP contribution >= 0.6 is 0 Å². The lowest BCUT2D eigenvalue weighted by atomic mass is 10.2. The van der Waals surface area contributed by atoms with E-state index in [4.69, 9.17) is 4.74 Å². The zero-order chi connectivity index (χ0) is 15.9. The third-order valence-corrected chi connectivity index (χ3v) is 3.80. The molecule has 0 unspecified atom stereocenters. The molecule has 0 radical (unpaired) electrons. The fourth-order valence-corrected chi connectivity index (χ4v) is 2.57. The van der Waals surface area contributed by atoms with E-state index in [9.17, 15) is 9.18 Å². The summed E-state index contributed by atoms with van der Waals surface area (Å²) < 4.78 is 18.4. The highest BCUT2D eigenvalue weighted by Gasteiger charge is 2.22. The van der Waals surface area contributed by atoms with E-state index in [1.165, 1.54) is 12.1 Å². The Kier molecular flexibility index (Phi) is 6.15. The minimum absolute atomic E-state index is 0.000699. The zero-order valence-corrected chi connectivity index (χ0v) is 13.2. The summed E-state index contributed by atoms with van der Waals surface area (Å²) in [5.74, 6) is 0.145. The first-order chi connectivity index (χ1) is 10.5. The molecule has 1 N–H and O–H groups in total. The molecular weight excluding hydrogens is 285 g/mol. The summed E-state index contributed by atoms with van der Waals surface area (Å²) in [5.41, 5.74) is 0. The van der Waals surface area contributed by atoms with E-state index in [1.54, 1.807) is 12.1 Å². The van der Waals surface area contributed by atoms with E-state index >= 15 is 0 Å². The summed E-state index contributed by atoms with van der Waals surface area (Å²) in [6, 6.07) is 6.36. The number of benzene rings is 1. The number of ether oxygens (including phenoxy) is 1. The second-order valence-corrected chi connectivity index (χ2v) is 5.74. The number of hydrogen-bond acceptors (Lipinski definition) is 4. The summed E-state index contributed by atoms with van der Waals surface area (Å²) in [5, 5.41) is 2.83. The molecular formula is C16H24FN3O2. The Labute approximate surface area is 131 Å². The van der Waals surface area contributed by atoms with Crippen molar-refractivity contribution in [3.05, 3.63) is 30.1 Å². The van der Waals surface area contributed by atoms with Crippen molar-refractivity contribution in [3.63, 3.8) is 0 Å². The van der Waals surface area contributed by atoms with Crippen molar-refractivity contribution in [1.82, 2.24) is 15.1 Å². The Balaban J connectivity index is 1.63. The molecule has 122 valence electrons. The molecule has 2 rings (SSSR count).